The fourth-order valence-corrected chi connectivity index (χ4v) is 6.22. The van der Waals surface area contributed by atoms with E-state index in [0.717, 1.165) is 77.2 Å². The summed E-state index contributed by atoms with van der Waals surface area (Å²) < 4.78 is 13.6. The van der Waals surface area contributed by atoms with Crippen LogP contribution < -0.4 is 9.64 Å². The van der Waals surface area contributed by atoms with Gasteiger partial charge in [0.15, 0.2) is 0 Å². The van der Waals surface area contributed by atoms with Crippen molar-refractivity contribution in [1.82, 2.24) is 9.47 Å². The average molecular weight is 554 g/mol. The number of thioether (sulfide) groups is 1. The van der Waals surface area contributed by atoms with Crippen molar-refractivity contribution < 1.29 is 19.1 Å². The minimum absolute atomic E-state index is 0.194. The molecule has 0 radical (unpaired) electrons. The highest BCUT2D eigenvalue weighted by atomic mass is 32.2. The van der Waals surface area contributed by atoms with Crippen LogP contribution in [0.15, 0.2) is 77.7 Å². The molecule has 2 aliphatic rings. The number of carbonyl (C=O) groups is 2. The fourth-order valence-electron chi connectivity index (χ4n) is 5.37. The summed E-state index contributed by atoms with van der Waals surface area (Å²) in [4.78, 5) is 29.9. The number of morpholine rings is 1. The molecule has 0 spiro atoms. The Morgan fingerprint density at radius 2 is 1.65 bits per heavy atom. The second-order valence-corrected chi connectivity index (χ2v) is 10.9. The van der Waals surface area contributed by atoms with Crippen molar-refractivity contribution in [3.05, 3.63) is 94.7 Å². The Morgan fingerprint density at radius 3 is 2.45 bits per heavy atom. The number of anilines is 1. The number of hydrogen-bond acceptors (Lipinski definition) is 6. The third-order valence-electron chi connectivity index (χ3n) is 7.44. The first kappa shape index (κ1) is 26.2. The van der Waals surface area contributed by atoms with Gasteiger partial charge in [-0.15, -0.1) is 0 Å². The molecule has 2 saturated heterocycles. The van der Waals surface area contributed by atoms with E-state index in [1.54, 1.807) is 0 Å². The molecular formula is C32H31N3O4S. The molecule has 0 unspecified atom stereocenters. The van der Waals surface area contributed by atoms with Crippen LogP contribution in [0.5, 0.6) is 5.75 Å². The third kappa shape index (κ3) is 5.12. The van der Waals surface area contributed by atoms with E-state index >= 15 is 0 Å². The zero-order valence-corrected chi connectivity index (χ0v) is 23.4. The van der Waals surface area contributed by atoms with Gasteiger partial charge in [-0.2, -0.15) is 0 Å². The number of ether oxygens (including phenoxy) is 2. The summed E-state index contributed by atoms with van der Waals surface area (Å²) in [6.07, 6.45) is 1.83. The predicted molar refractivity (Wildman–Crippen MR) is 160 cm³/mol. The number of hydrogen-bond donors (Lipinski definition) is 0. The standard InChI is InChI=1S/C32H31N3O4S/c1-22-20-25(23(2)35(22)27-12-10-26(11-13-27)33-14-17-38-18-15-33)21-30-31(36)34(32(37)40-30)16-19-39-29-9-5-7-24-6-3-4-8-28(24)29/h3-13,20-21H,14-19H2,1-2H3/b30-21-. The number of aromatic nitrogens is 1. The van der Waals surface area contributed by atoms with Gasteiger partial charge in [0.1, 0.15) is 12.4 Å². The van der Waals surface area contributed by atoms with E-state index < -0.39 is 0 Å². The number of fused-ring (bicyclic) bond motifs is 1. The molecule has 0 aliphatic carbocycles. The summed E-state index contributed by atoms with van der Waals surface area (Å²) in [7, 11) is 0. The molecule has 40 heavy (non-hydrogen) atoms. The maximum atomic E-state index is 13.2. The summed E-state index contributed by atoms with van der Waals surface area (Å²) in [5.41, 5.74) is 5.25. The van der Waals surface area contributed by atoms with Gasteiger partial charge in [0.25, 0.3) is 11.1 Å². The van der Waals surface area contributed by atoms with Crippen molar-refractivity contribution in [3.63, 3.8) is 0 Å². The maximum Gasteiger partial charge on any atom is 0.293 e. The maximum absolute atomic E-state index is 13.2. The van der Waals surface area contributed by atoms with Crippen LogP contribution in [0.4, 0.5) is 10.5 Å². The number of imide groups is 1. The first-order valence-electron chi connectivity index (χ1n) is 13.5. The number of amides is 2. The highest BCUT2D eigenvalue weighted by molar-refractivity contribution is 8.18. The molecular weight excluding hydrogens is 522 g/mol. The number of aryl methyl sites for hydroxylation is 1. The number of rotatable bonds is 7. The van der Waals surface area contributed by atoms with Gasteiger partial charge in [0, 0.05) is 41.2 Å². The van der Waals surface area contributed by atoms with Crippen molar-refractivity contribution >= 4 is 45.4 Å². The molecule has 0 atom stereocenters. The van der Waals surface area contributed by atoms with Crippen molar-refractivity contribution in [1.29, 1.82) is 0 Å². The molecule has 0 N–H and O–H groups in total. The van der Waals surface area contributed by atoms with Crippen LogP contribution >= 0.6 is 11.8 Å². The Hall–Kier alpha value is -4.01. The fraction of sp³-hybridized carbons (Fsp3) is 0.250. The molecule has 6 rings (SSSR count). The Balaban J connectivity index is 1.15. The normalized spacial score (nSPS) is 16.9. The van der Waals surface area contributed by atoms with E-state index in [1.807, 2.05) is 55.5 Å². The molecule has 1 aromatic heterocycles. The Bertz CT molecular complexity index is 1600. The lowest BCUT2D eigenvalue weighted by Crippen LogP contribution is -2.36. The summed E-state index contributed by atoms with van der Waals surface area (Å²) in [5.74, 6) is 0.460. The second-order valence-electron chi connectivity index (χ2n) is 9.94. The Morgan fingerprint density at radius 1 is 0.925 bits per heavy atom. The highest BCUT2D eigenvalue weighted by Crippen LogP contribution is 2.34. The van der Waals surface area contributed by atoms with Crippen molar-refractivity contribution in [2.45, 2.75) is 13.8 Å². The van der Waals surface area contributed by atoms with Gasteiger partial charge in [-0.25, -0.2) is 0 Å². The minimum Gasteiger partial charge on any atom is -0.491 e. The van der Waals surface area contributed by atoms with Crippen LogP contribution in [-0.2, 0) is 9.53 Å². The summed E-state index contributed by atoms with van der Waals surface area (Å²) in [6.45, 7) is 7.82. The van der Waals surface area contributed by atoms with Crippen LogP contribution in [0.1, 0.15) is 17.0 Å². The van der Waals surface area contributed by atoms with Crippen LogP contribution in [0, 0.1) is 13.8 Å². The van der Waals surface area contributed by atoms with Crippen LogP contribution in [0.2, 0.25) is 0 Å². The van der Waals surface area contributed by atoms with E-state index in [0.29, 0.717) is 4.91 Å². The lowest BCUT2D eigenvalue weighted by Gasteiger charge is -2.29. The average Bonchev–Trinajstić information content (AvgIpc) is 3.41. The predicted octanol–water partition coefficient (Wildman–Crippen LogP) is 6.20. The first-order chi connectivity index (χ1) is 19.5. The van der Waals surface area contributed by atoms with Crippen LogP contribution in [-0.4, -0.2) is 60.1 Å². The van der Waals surface area contributed by atoms with E-state index in [9.17, 15) is 9.59 Å². The first-order valence-corrected chi connectivity index (χ1v) is 14.3. The van der Waals surface area contributed by atoms with Gasteiger partial charge in [0.05, 0.1) is 24.7 Å². The molecule has 2 amide bonds. The van der Waals surface area contributed by atoms with E-state index in [2.05, 4.69) is 46.7 Å². The van der Waals surface area contributed by atoms with Crippen molar-refractivity contribution in [2.75, 3.05) is 44.4 Å². The zero-order chi connectivity index (χ0) is 27.6. The molecule has 8 heteroatoms. The summed E-state index contributed by atoms with van der Waals surface area (Å²) in [5, 5.41) is 1.81. The molecule has 204 valence electrons. The molecule has 2 fully saturated rings. The Kier molecular flexibility index (Phi) is 7.36. The number of nitrogens with zero attached hydrogens (tertiary/aromatic N) is 3. The second kappa shape index (κ2) is 11.2. The van der Waals surface area contributed by atoms with Gasteiger partial charge in [-0.3, -0.25) is 14.5 Å². The van der Waals surface area contributed by atoms with E-state index in [4.69, 9.17) is 9.47 Å². The quantitative estimate of drug-likeness (QED) is 0.254. The monoisotopic (exact) mass is 553 g/mol. The lowest BCUT2D eigenvalue weighted by atomic mass is 10.1. The van der Waals surface area contributed by atoms with E-state index in [1.165, 1.54) is 10.6 Å². The lowest BCUT2D eigenvalue weighted by molar-refractivity contribution is -0.123. The van der Waals surface area contributed by atoms with Gasteiger partial charge in [-0.1, -0.05) is 36.4 Å². The molecule has 3 heterocycles. The highest BCUT2D eigenvalue weighted by Gasteiger charge is 2.35. The molecule has 2 aliphatic heterocycles. The summed E-state index contributed by atoms with van der Waals surface area (Å²) in [6, 6.07) is 24.4. The van der Waals surface area contributed by atoms with Gasteiger partial charge < -0.3 is 18.9 Å². The van der Waals surface area contributed by atoms with Crippen molar-refractivity contribution in [2.24, 2.45) is 0 Å². The topological polar surface area (TPSA) is 64.0 Å². The molecule has 7 nitrogen and oxygen atoms in total. The van der Waals surface area contributed by atoms with Gasteiger partial charge in [0.2, 0.25) is 0 Å². The SMILES string of the molecule is Cc1cc(/C=C2\SC(=O)N(CCOc3cccc4ccccc34)C2=O)c(C)n1-c1ccc(N2CCOCC2)cc1. The zero-order valence-electron chi connectivity index (χ0n) is 22.6. The van der Waals surface area contributed by atoms with Gasteiger partial charge >= 0.3 is 0 Å². The minimum atomic E-state index is -0.281. The molecule has 3 aromatic carbocycles. The largest absolute Gasteiger partial charge is 0.491 e. The van der Waals surface area contributed by atoms with E-state index in [-0.39, 0.29) is 24.3 Å². The van der Waals surface area contributed by atoms with Gasteiger partial charge in [-0.05, 0) is 79.0 Å². The Labute approximate surface area is 238 Å². The summed E-state index contributed by atoms with van der Waals surface area (Å²) >= 11 is 0.981. The van der Waals surface area contributed by atoms with Crippen LogP contribution in [0.3, 0.4) is 0 Å². The number of benzene rings is 3. The van der Waals surface area contributed by atoms with Crippen molar-refractivity contribution in [3.8, 4) is 11.4 Å². The number of carbonyl (C=O) groups excluding carboxylic acids is 2. The smallest absolute Gasteiger partial charge is 0.293 e. The third-order valence-corrected chi connectivity index (χ3v) is 8.34. The molecule has 0 saturated carbocycles. The molecule has 4 aromatic rings. The van der Waals surface area contributed by atoms with Crippen LogP contribution in [0.25, 0.3) is 22.5 Å². The molecule has 0 bridgehead atoms.